The average molecular weight is 260 g/mol. The SMILES string of the molecule is CCCNC(=O)[C@@H]1CCCN(Cc2ccccc2)C1. The molecule has 0 spiro atoms. The Morgan fingerprint density at radius 3 is 2.89 bits per heavy atom. The Morgan fingerprint density at radius 1 is 1.37 bits per heavy atom. The lowest BCUT2D eigenvalue weighted by atomic mass is 9.96. The summed E-state index contributed by atoms with van der Waals surface area (Å²) in [6, 6.07) is 10.5. The lowest BCUT2D eigenvalue weighted by molar-refractivity contribution is -0.126. The zero-order chi connectivity index (χ0) is 13.5. The molecule has 2 rings (SSSR count). The van der Waals surface area contributed by atoms with Crippen LogP contribution in [0.1, 0.15) is 31.7 Å². The van der Waals surface area contributed by atoms with Crippen LogP contribution < -0.4 is 5.32 Å². The van der Waals surface area contributed by atoms with Gasteiger partial charge in [0.25, 0.3) is 0 Å². The smallest absolute Gasteiger partial charge is 0.224 e. The van der Waals surface area contributed by atoms with Crippen molar-refractivity contribution in [1.29, 1.82) is 0 Å². The molecule has 1 heterocycles. The van der Waals surface area contributed by atoms with Gasteiger partial charge in [0.05, 0.1) is 5.92 Å². The fraction of sp³-hybridized carbons (Fsp3) is 0.562. The normalized spacial score (nSPS) is 20.2. The van der Waals surface area contributed by atoms with Crippen molar-refractivity contribution < 1.29 is 4.79 Å². The second kappa shape index (κ2) is 7.29. The molecule has 3 nitrogen and oxygen atoms in total. The van der Waals surface area contributed by atoms with Gasteiger partial charge in [-0.1, -0.05) is 37.3 Å². The highest BCUT2D eigenvalue weighted by Gasteiger charge is 2.25. The van der Waals surface area contributed by atoms with E-state index in [1.807, 2.05) is 6.07 Å². The number of amides is 1. The zero-order valence-electron chi connectivity index (χ0n) is 11.8. The van der Waals surface area contributed by atoms with Crippen LogP contribution in [0.3, 0.4) is 0 Å². The molecule has 1 saturated heterocycles. The van der Waals surface area contributed by atoms with Crippen molar-refractivity contribution in [3.63, 3.8) is 0 Å². The summed E-state index contributed by atoms with van der Waals surface area (Å²) in [6.45, 7) is 5.84. The highest BCUT2D eigenvalue weighted by Crippen LogP contribution is 2.18. The molecule has 1 N–H and O–H groups in total. The van der Waals surface area contributed by atoms with Crippen LogP contribution in [-0.2, 0) is 11.3 Å². The van der Waals surface area contributed by atoms with Crippen molar-refractivity contribution in [1.82, 2.24) is 10.2 Å². The van der Waals surface area contributed by atoms with Crippen molar-refractivity contribution in [2.45, 2.75) is 32.7 Å². The van der Waals surface area contributed by atoms with Crippen LogP contribution in [0.2, 0.25) is 0 Å². The van der Waals surface area contributed by atoms with Crippen LogP contribution in [0.15, 0.2) is 30.3 Å². The number of likely N-dealkylation sites (tertiary alicyclic amines) is 1. The number of nitrogens with one attached hydrogen (secondary N) is 1. The van der Waals surface area contributed by atoms with E-state index in [0.717, 1.165) is 45.4 Å². The van der Waals surface area contributed by atoms with Gasteiger partial charge >= 0.3 is 0 Å². The number of hydrogen-bond donors (Lipinski definition) is 1. The standard InChI is InChI=1S/C16H24N2O/c1-2-10-17-16(19)15-9-6-11-18(13-15)12-14-7-4-3-5-8-14/h3-5,7-8,15H,2,6,9-13H2,1H3,(H,17,19)/t15-/m1/s1. The van der Waals surface area contributed by atoms with Crippen LogP contribution >= 0.6 is 0 Å². The van der Waals surface area contributed by atoms with Crippen LogP contribution in [-0.4, -0.2) is 30.4 Å². The molecule has 0 aromatic heterocycles. The molecular weight excluding hydrogens is 236 g/mol. The minimum atomic E-state index is 0.170. The maximum absolute atomic E-state index is 12.0. The number of benzene rings is 1. The summed E-state index contributed by atoms with van der Waals surface area (Å²) < 4.78 is 0. The summed E-state index contributed by atoms with van der Waals surface area (Å²) in [5.74, 6) is 0.406. The maximum atomic E-state index is 12.0. The van der Waals surface area contributed by atoms with Crippen LogP contribution in [0.5, 0.6) is 0 Å². The molecule has 0 radical (unpaired) electrons. The minimum absolute atomic E-state index is 0.170. The predicted molar refractivity (Wildman–Crippen MR) is 77.7 cm³/mol. The zero-order valence-corrected chi connectivity index (χ0v) is 11.8. The Labute approximate surface area is 116 Å². The number of rotatable bonds is 5. The number of carbonyl (C=O) groups excluding carboxylic acids is 1. The fourth-order valence-corrected chi connectivity index (χ4v) is 2.65. The molecule has 1 aromatic carbocycles. The van der Waals surface area contributed by atoms with Crippen molar-refractivity contribution in [2.24, 2.45) is 5.92 Å². The lowest BCUT2D eigenvalue weighted by Gasteiger charge is -2.32. The van der Waals surface area contributed by atoms with Gasteiger partial charge in [-0.15, -0.1) is 0 Å². The van der Waals surface area contributed by atoms with E-state index in [1.165, 1.54) is 5.56 Å². The third-order valence-corrected chi connectivity index (χ3v) is 3.67. The summed E-state index contributed by atoms with van der Waals surface area (Å²) >= 11 is 0. The number of nitrogens with zero attached hydrogens (tertiary/aromatic N) is 1. The first-order valence-corrected chi connectivity index (χ1v) is 7.33. The van der Waals surface area contributed by atoms with Gasteiger partial charge in [0, 0.05) is 19.6 Å². The molecule has 1 aromatic rings. The van der Waals surface area contributed by atoms with Gasteiger partial charge < -0.3 is 5.32 Å². The average Bonchev–Trinajstić information content (AvgIpc) is 2.46. The number of piperidine rings is 1. The Balaban J connectivity index is 1.85. The molecule has 1 aliphatic rings. The monoisotopic (exact) mass is 260 g/mol. The van der Waals surface area contributed by atoms with Crippen LogP contribution in [0.4, 0.5) is 0 Å². The van der Waals surface area contributed by atoms with Gasteiger partial charge in [-0.3, -0.25) is 9.69 Å². The molecule has 0 aliphatic carbocycles. The second-order valence-electron chi connectivity index (χ2n) is 5.35. The van der Waals surface area contributed by atoms with Crippen molar-refractivity contribution in [3.8, 4) is 0 Å². The number of hydrogen-bond acceptors (Lipinski definition) is 2. The van der Waals surface area contributed by atoms with E-state index in [1.54, 1.807) is 0 Å². The van der Waals surface area contributed by atoms with Crippen molar-refractivity contribution >= 4 is 5.91 Å². The lowest BCUT2D eigenvalue weighted by Crippen LogP contribution is -2.42. The topological polar surface area (TPSA) is 32.3 Å². The molecule has 0 saturated carbocycles. The van der Waals surface area contributed by atoms with Gasteiger partial charge in [-0.2, -0.15) is 0 Å². The van der Waals surface area contributed by atoms with E-state index in [-0.39, 0.29) is 11.8 Å². The van der Waals surface area contributed by atoms with Gasteiger partial charge in [0.2, 0.25) is 5.91 Å². The van der Waals surface area contributed by atoms with Gasteiger partial charge in [-0.05, 0) is 31.4 Å². The Bertz CT molecular complexity index is 391. The molecule has 19 heavy (non-hydrogen) atoms. The quantitative estimate of drug-likeness (QED) is 0.882. The van der Waals surface area contributed by atoms with E-state index in [2.05, 4.69) is 41.4 Å². The molecule has 3 heteroatoms. The van der Waals surface area contributed by atoms with Gasteiger partial charge in [0.15, 0.2) is 0 Å². The van der Waals surface area contributed by atoms with Crippen molar-refractivity contribution in [2.75, 3.05) is 19.6 Å². The molecule has 0 bridgehead atoms. The van der Waals surface area contributed by atoms with E-state index in [9.17, 15) is 4.79 Å². The Kier molecular flexibility index (Phi) is 5.40. The third kappa shape index (κ3) is 4.35. The van der Waals surface area contributed by atoms with E-state index in [0.29, 0.717) is 0 Å². The van der Waals surface area contributed by atoms with Crippen LogP contribution in [0.25, 0.3) is 0 Å². The molecule has 104 valence electrons. The first-order valence-electron chi connectivity index (χ1n) is 7.33. The highest BCUT2D eigenvalue weighted by atomic mass is 16.1. The summed E-state index contributed by atoms with van der Waals surface area (Å²) in [4.78, 5) is 14.4. The molecule has 0 unspecified atom stereocenters. The Hall–Kier alpha value is -1.35. The third-order valence-electron chi connectivity index (χ3n) is 3.67. The van der Waals surface area contributed by atoms with Gasteiger partial charge in [0.1, 0.15) is 0 Å². The van der Waals surface area contributed by atoms with E-state index in [4.69, 9.17) is 0 Å². The minimum Gasteiger partial charge on any atom is -0.356 e. The predicted octanol–water partition coefficient (Wildman–Crippen LogP) is 2.42. The second-order valence-corrected chi connectivity index (χ2v) is 5.35. The molecule has 1 atom stereocenters. The fourth-order valence-electron chi connectivity index (χ4n) is 2.65. The summed E-state index contributed by atoms with van der Waals surface area (Å²) in [5.41, 5.74) is 1.33. The molecular formula is C16H24N2O. The van der Waals surface area contributed by atoms with Gasteiger partial charge in [-0.25, -0.2) is 0 Å². The van der Waals surface area contributed by atoms with E-state index >= 15 is 0 Å². The molecule has 1 fully saturated rings. The largest absolute Gasteiger partial charge is 0.356 e. The first-order chi connectivity index (χ1) is 9.29. The van der Waals surface area contributed by atoms with E-state index < -0.39 is 0 Å². The van der Waals surface area contributed by atoms with Crippen molar-refractivity contribution in [3.05, 3.63) is 35.9 Å². The summed E-state index contributed by atoms with van der Waals surface area (Å²) in [5, 5.41) is 3.02. The molecule has 1 amide bonds. The molecule has 1 aliphatic heterocycles. The first kappa shape index (κ1) is 14.1. The van der Waals surface area contributed by atoms with Crippen LogP contribution in [0, 0.1) is 5.92 Å². The highest BCUT2D eigenvalue weighted by molar-refractivity contribution is 5.78. The Morgan fingerprint density at radius 2 is 2.16 bits per heavy atom. The maximum Gasteiger partial charge on any atom is 0.224 e. The summed E-state index contributed by atoms with van der Waals surface area (Å²) in [6.07, 6.45) is 3.16. The number of carbonyl (C=O) groups is 1. The summed E-state index contributed by atoms with van der Waals surface area (Å²) in [7, 11) is 0.